The number of rotatable bonds is 7. The van der Waals surface area contributed by atoms with E-state index in [0.29, 0.717) is 18.7 Å². The molecule has 3 amide bonds. The molecule has 192 valence electrons. The number of amides is 3. The number of hydrogen-bond acceptors (Lipinski definition) is 4. The highest BCUT2D eigenvalue weighted by atomic mass is 16.2. The average molecular weight is 491 g/mol. The molecule has 36 heavy (non-hydrogen) atoms. The minimum Gasteiger partial charge on any atom is -0.371 e. The lowest BCUT2D eigenvalue weighted by molar-refractivity contribution is -0.127. The quantitative estimate of drug-likeness (QED) is 0.607. The molecule has 2 aliphatic rings. The molecule has 0 saturated carbocycles. The summed E-state index contributed by atoms with van der Waals surface area (Å²) in [6.07, 6.45) is 4.12. The molecule has 2 saturated heterocycles. The minimum atomic E-state index is -0.301. The van der Waals surface area contributed by atoms with Gasteiger partial charge in [0.05, 0.1) is 5.92 Å². The third-order valence-corrected chi connectivity index (χ3v) is 7.03. The van der Waals surface area contributed by atoms with E-state index in [-0.39, 0.29) is 36.1 Å². The van der Waals surface area contributed by atoms with Crippen LogP contribution < -0.4 is 15.5 Å². The van der Waals surface area contributed by atoms with Gasteiger partial charge in [-0.2, -0.15) is 0 Å². The van der Waals surface area contributed by atoms with E-state index in [1.165, 1.54) is 12.8 Å². The van der Waals surface area contributed by atoms with E-state index >= 15 is 0 Å². The number of carbonyl (C=O) groups excluding carboxylic acids is 3. The molecule has 0 bridgehead atoms. The Morgan fingerprint density at radius 1 is 0.972 bits per heavy atom. The fourth-order valence-electron chi connectivity index (χ4n) is 5.31. The van der Waals surface area contributed by atoms with Gasteiger partial charge in [-0.25, -0.2) is 0 Å². The fraction of sp³-hybridized carbons (Fsp3) is 0.483. The van der Waals surface area contributed by atoms with Crippen molar-refractivity contribution in [3.05, 3.63) is 59.2 Å². The number of carbonyl (C=O) groups is 3. The molecule has 2 N–H and O–H groups in total. The molecule has 2 aromatic carbocycles. The Labute approximate surface area is 214 Å². The smallest absolute Gasteiger partial charge is 0.253 e. The van der Waals surface area contributed by atoms with E-state index in [2.05, 4.69) is 21.6 Å². The first-order valence-corrected chi connectivity index (χ1v) is 13.1. The van der Waals surface area contributed by atoms with Crippen LogP contribution in [0.15, 0.2) is 42.5 Å². The van der Waals surface area contributed by atoms with Crippen LogP contribution >= 0.6 is 0 Å². The number of nitrogens with one attached hydrogen (secondary N) is 2. The normalized spacial score (nSPS) is 18.6. The molecule has 4 rings (SSSR count). The van der Waals surface area contributed by atoms with Crippen molar-refractivity contribution < 1.29 is 14.4 Å². The van der Waals surface area contributed by atoms with E-state index in [1.54, 1.807) is 4.90 Å². The van der Waals surface area contributed by atoms with Gasteiger partial charge in [0.2, 0.25) is 11.8 Å². The van der Waals surface area contributed by atoms with Crippen molar-refractivity contribution in [1.82, 2.24) is 10.2 Å². The zero-order chi connectivity index (χ0) is 25.7. The van der Waals surface area contributed by atoms with Gasteiger partial charge in [-0.05, 0) is 76.8 Å². The highest BCUT2D eigenvalue weighted by molar-refractivity contribution is 5.95. The second kappa shape index (κ2) is 11.6. The van der Waals surface area contributed by atoms with E-state index in [9.17, 15) is 14.4 Å². The maximum atomic E-state index is 13.1. The largest absolute Gasteiger partial charge is 0.371 e. The van der Waals surface area contributed by atoms with Gasteiger partial charge in [0.25, 0.3) is 5.91 Å². The molecule has 7 heteroatoms. The van der Waals surface area contributed by atoms with Crippen LogP contribution in [0, 0.1) is 19.8 Å². The van der Waals surface area contributed by atoms with E-state index in [1.807, 2.05) is 57.2 Å². The highest BCUT2D eigenvalue weighted by Gasteiger charge is 2.30. The summed E-state index contributed by atoms with van der Waals surface area (Å²) in [4.78, 5) is 42.8. The Morgan fingerprint density at radius 3 is 2.42 bits per heavy atom. The Bertz CT molecular complexity index is 1090. The lowest BCUT2D eigenvalue weighted by Gasteiger charge is -2.33. The lowest BCUT2D eigenvalue weighted by Crippen LogP contribution is -2.47. The van der Waals surface area contributed by atoms with Gasteiger partial charge in [-0.1, -0.05) is 23.3 Å². The van der Waals surface area contributed by atoms with Crippen LogP contribution in [-0.2, 0) is 9.59 Å². The topological polar surface area (TPSA) is 81.8 Å². The standard InChI is InChI=1S/C29H38N4O3/c1-20-14-21(2)16-24(15-20)29(36)33-13-7-8-23(19-33)28(35)30-22(3)17-27(34)31-25-9-6-10-26(18-25)32-11-4-5-12-32/h6,9-10,14-16,18,22-23H,4-5,7-8,11-13,17,19H2,1-3H3,(H,30,35)(H,31,34). The zero-order valence-electron chi connectivity index (χ0n) is 21.7. The van der Waals surface area contributed by atoms with Crippen molar-refractivity contribution in [3.63, 3.8) is 0 Å². The Kier molecular flexibility index (Phi) is 8.28. The predicted molar refractivity (Wildman–Crippen MR) is 143 cm³/mol. The zero-order valence-corrected chi connectivity index (χ0v) is 21.7. The predicted octanol–water partition coefficient (Wildman–Crippen LogP) is 4.29. The molecule has 2 unspecified atom stereocenters. The number of nitrogens with zero attached hydrogens (tertiary/aromatic N) is 2. The molecule has 0 spiro atoms. The first kappa shape index (κ1) is 25.7. The molecule has 2 atom stereocenters. The first-order valence-electron chi connectivity index (χ1n) is 13.1. The molecule has 0 aromatic heterocycles. The fourth-order valence-corrected chi connectivity index (χ4v) is 5.31. The molecule has 2 aliphatic heterocycles. The number of anilines is 2. The second-order valence-electron chi connectivity index (χ2n) is 10.4. The molecule has 0 radical (unpaired) electrons. The highest BCUT2D eigenvalue weighted by Crippen LogP contribution is 2.24. The summed E-state index contributed by atoms with van der Waals surface area (Å²) >= 11 is 0. The molecular formula is C29H38N4O3. The van der Waals surface area contributed by atoms with E-state index in [0.717, 1.165) is 48.4 Å². The van der Waals surface area contributed by atoms with Crippen LogP contribution in [0.3, 0.4) is 0 Å². The second-order valence-corrected chi connectivity index (χ2v) is 10.4. The van der Waals surface area contributed by atoms with Crippen LogP contribution in [0.2, 0.25) is 0 Å². The maximum Gasteiger partial charge on any atom is 0.253 e. The average Bonchev–Trinajstić information content (AvgIpc) is 3.38. The van der Waals surface area contributed by atoms with Crippen LogP contribution in [0.25, 0.3) is 0 Å². The maximum absolute atomic E-state index is 13.1. The van der Waals surface area contributed by atoms with Gasteiger partial charge in [0, 0.05) is 55.6 Å². The van der Waals surface area contributed by atoms with Crippen LogP contribution in [0.1, 0.15) is 60.5 Å². The van der Waals surface area contributed by atoms with Gasteiger partial charge in [-0.3, -0.25) is 14.4 Å². The number of likely N-dealkylation sites (tertiary alicyclic amines) is 1. The van der Waals surface area contributed by atoms with Gasteiger partial charge in [0.15, 0.2) is 0 Å². The Morgan fingerprint density at radius 2 is 1.69 bits per heavy atom. The van der Waals surface area contributed by atoms with Crippen molar-refractivity contribution in [1.29, 1.82) is 0 Å². The molecular weight excluding hydrogens is 452 g/mol. The number of hydrogen-bond donors (Lipinski definition) is 2. The third-order valence-electron chi connectivity index (χ3n) is 7.03. The molecule has 2 heterocycles. The summed E-state index contributed by atoms with van der Waals surface area (Å²) in [5.74, 6) is -0.514. The van der Waals surface area contributed by atoms with Crippen LogP contribution in [0.5, 0.6) is 0 Å². The number of benzene rings is 2. The lowest BCUT2D eigenvalue weighted by atomic mass is 9.95. The summed E-state index contributed by atoms with van der Waals surface area (Å²) in [5.41, 5.74) is 4.69. The first-order chi connectivity index (χ1) is 17.3. The third kappa shape index (κ3) is 6.65. The van der Waals surface area contributed by atoms with Crippen molar-refractivity contribution in [2.75, 3.05) is 36.4 Å². The van der Waals surface area contributed by atoms with E-state index in [4.69, 9.17) is 0 Å². The summed E-state index contributed by atoms with van der Waals surface area (Å²) in [6.45, 7) is 8.98. The summed E-state index contributed by atoms with van der Waals surface area (Å²) in [5, 5.41) is 5.96. The monoisotopic (exact) mass is 490 g/mol. The van der Waals surface area contributed by atoms with Gasteiger partial charge < -0.3 is 20.4 Å². The van der Waals surface area contributed by atoms with E-state index < -0.39 is 0 Å². The Hall–Kier alpha value is -3.35. The van der Waals surface area contributed by atoms with Gasteiger partial charge >= 0.3 is 0 Å². The van der Waals surface area contributed by atoms with Crippen molar-refractivity contribution in [3.8, 4) is 0 Å². The van der Waals surface area contributed by atoms with Crippen LogP contribution in [0.4, 0.5) is 11.4 Å². The molecule has 0 aliphatic carbocycles. The Balaban J connectivity index is 1.27. The van der Waals surface area contributed by atoms with Gasteiger partial charge in [0.1, 0.15) is 0 Å². The number of aryl methyl sites for hydroxylation is 2. The number of piperidine rings is 1. The molecule has 7 nitrogen and oxygen atoms in total. The van der Waals surface area contributed by atoms with Crippen molar-refractivity contribution >= 4 is 29.1 Å². The minimum absolute atomic E-state index is 0.0251. The molecule has 2 aromatic rings. The van der Waals surface area contributed by atoms with Crippen molar-refractivity contribution in [2.45, 2.75) is 58.9 Å². The summed E-state index contributed by atoms with van der Waals surface area (Å²) < 4.78 is 0. The SMILES string of the molecule is Cc1cc(C)cc(C(=O)N2CCCC(C(=O)NC(C)CC(=O)Nc3cccc(N4CCCC4)c3)C2)c1. The van der Waals surface area contributed by atoms with Gasteiger partial charge in [-0.15, -0.1) is 0 Å². The summed E-state index contributed by atoms with van der Waals surface area (Å²) in [6, 6.07) is 13.5. The van der Waals surface area contributed by atoms with Crippen molar-refractivity contribution in [2.24, 2.45) is 5.92 Å². The van der Waals surface area contributed by atoms with Crippen LogP contribution in [-0.4, -0.2) is 54.8 Å². The molecule has 2 fully saturated rings. The summed E-state index contributed by atoms with van der Waals surface area (Å²) in [7, 11) is 0.